The first-order chi connectivity index (χ1) is 20.8. The molecule has 0 bridgehead atoms. The average molecular weight is 602 g/mol. The maximum absolute atomic E-state index is 13.6. The van der Waals surface area contributed by atoms with Gasteiger partial charge in [0, 0.05) is 40.6 Å². The number of nitrogens with zero attached hydrogens (tertiary/aromatic N) is 5. The fraction of sp³-hybridized carbons (Fsp3) is 0.133. The van der Waals surface area contributed by atoms with Crippen LogP contribution in [0.2, 0.25) is 5.02 Å². The highest BCUT2D eigenvalue weighted by Crippen LogP contribution is 2.29. The zero-order valence-corrected chi connectivity index (χ0v) is 23.5. The molecule has 3 aromatic carbocycles. The number of ether oxygens (including phenoxy) is 1. The van der Waals surface area contributed by atoms with Crippen molar-refractivity contribution in [2.75, 3.05) is 17.2 Å². The van der Waals surface area contributed by atoms with Crippen LogP contribution in [0.15, 0.2) is 96.2 Å². The first kappa shape index (κ1) is 29.1. The van der Waals surface area contributed by atoms with Crippen molar-refractivity contribution in [1.29, 1.82) is 0 Å². The van der Waals surface area contributed by atoms with Crippen LogP contribution in [-0.4, -0.2) is 43.4 Å². The van der Waals surface area contributed by atoms with Crippen LogP contribution >= 0.6 is 11.6 Å². The lowest BCUT2D eigenvalue weighted by molar-refractivity contribution is -0.119. The van der Waals surface area contributed by atoms with Crippen LogP contribution in [0.4, 0.5) is 20.6 Å². The monoisotopic (exact) mass is 601 g/mol. The Morgan fingerprint density at radius 1 is 0.977 bits per heavy atom. The first-order valence-corrected chi connectivity index (χ1v) is 13.5. The molecule has 43 heavy (non-hydrogen) atoms. The van der Waals surface area contributed by atoms with Gasteiger partial charge in [-0.2, -0.15) is 4.68 Å². The van der Waals surface area contributed by atoms with Crippen molar-refractivity contribution in [3.05, 3.63) is 118 Å². The number of nitrogens with one attached hydrogen (secondary N) is 2. The van der Waals surface area contributed by atoms with Crippen molar-refractivity contribution in [2.24, 2.45) is 0 Å². The van der Waals surface area contributed by atoms with Crippen LogP contribution in [0.5, 0.6) is 0 Å². The number of anilines is 2. The van der Waals surface area contributed by atoms with Gasteiger partial charge in [0.1, 0.15) is 18.2 Å². The molecule has 0 unspecified atom stereocenters. The molecular weight excluding hydrogens is 577 g/mol. The second-order valence-corrected chi connectivity index (χ2v) is 9.77. The number of tetrazole rings is 1. The Bertz CT molecular complexity index is 1790. The van der Waals surface area contributed by atoms with Crippen molar-refractivity contribution in [2.45, 2.75) is 19.4 Å². The summed E-state index contributed by atoms with van der Waals surface area (Å²) in [5, 5.41) is 17.1. The van der Waals surface area contributed by atoms with Crippen LogP contribution in [0.25, 0.3) is 16.8 Å². The quantitative estimate of drug-likeness (QED) is 0.235. The van der Waals surface area contributed by atoms with Gasteiger partial charge >= 0.3 is 6.09 Å². The molecular formula is C30H25ClFN7O4. The maximum atomic E-state index is 13.6. The third-order valence-corrected chi connectivity index (χ3v) is 6.70. The van der Waals surface area contributed by atoms with Crippen LogP contribution in [-0.2, 0) is 16.0 Å². The fourth-order valence-electron chi connectivity index (χ4n) is 4.43. The number of hydrogen-bond acceptors (Lipinski definition) is 7. The summed E-state index contributed by atoms with van der Waals surface area (Å²) >= 11 is 6.27. The molecule has 218 valence electrons. The Balaban J connectivity index is 1.45. The molecule has 0 saturated heterocycles. The summed E-state index contributed by atoms with van der Waals surface area (Å²) in [7, 11) is 0. The van der Waals surface area contributed by atoms with Gasteiger partial charge in [0.2, 0.25) is 5.91 Å². The van der Waals surface area contributed by atoms with E-state index in [4.69, 9.17) is 16.3 Å². The first-order valence-electron chi connectivity index (χ1n) is 13.2. The molecule has 5 aromatic rings. The lowest BCUT2D eigenvalue weighted by Gasteiger charge is -2.20. The standard InChI is InChI=1S/C30H25ClFN7O4/c1-2-43-30(42)35-24-10-8-23(9-11-24)34-29(41)27(15-19-3-6-22(32)7-4-19)38-14-13-20(16-28(38)40)25-17-21(31)5-12-26(25)39-18-33-36-37-39/h3-14,16-18,27H,2,15H2,1H3,(H,34,41)(H,35,42)/t27-/m1/s1. The van der Waals surface area contributed by atoms with Gasteiger partial charge in [-0.1, -0.05) is 23.7 Å². The molecule has 0 aliphatic rings. The molecule has 2 aromatic heterocycles. The summed E-state index contributed by atoms with van der Waals surface area (Å²) in [6.45, 7) is 1.93. The number of carbonyl (C=O) groups is 2. The SMILES string of the molecule is CCOC(=O)Nc1ccc(NC(=O)[C@@H](Cc2ccc(F)cc2)n2ccc(-c3cc(Cl)ccc3-n3cnnn3)cc2=O)cc1. The fourth-order valence-corrected chi connectivity index (χ4v) is 4.61. The predicted octanol–water partition coefficient (Wildman–Crippen LogP) is 5.27. The Morgan fingerprint density at radius 3 is 2.35 bits per heavy atom. The van der Waals surface area contributed by atoms with Gasteiger partial charge in [0.25, 0.3) is 5.56 Å². The van der Waals surface area contributed by atoms with E-state index in [1.165, 1.54) is 40.0 Å². The molecule has 0 aliphatic carbocycles. The Hall–Kier alpha value is -5.36. The summed E-state index contributed by atoms with van der Waals surface area (Å²) in [4.78, 5) is 38.8. The molecule has 0 aliphatic heterocycles. The molecule has 0 radical (unpaired) electrons. The van der Waals surface area contributed by atoms with Gasteiger partial charge in [0.15, 0.2) is 0 Å². The summed E-state index contributed by atoms with van der Waals surface area (Å²) in [5.74, 6) is -0.884. The average Bonchev–Trinajstić information content (AvgIpc) is 3.53. The summed E-state index contributed by atoms with van der Waals surface area (Å²) in [5.41, 5.74) is 2.89. The van der Waals surface area contributed by atoms with Gasteiger partial charge in [-0.15, -0.1) is 5.10 Å². The highest BCUT2D eigenvalue weighted by atomic mass is 35.5. The minimum Gasteiger partial charge on any atom is -0.450 e. The minimum atomic E-state index is -0.984. The topological polar surface area (TPSA) is 133 Å². The molecule has 1 atom stereocenters. The minimum absolute atomic E-state index is 0.112. The van der Waals surface area contributed by atoms with Crippen molar-refractivity contribution in [3.63, 3.8) is 0 Å². The summed E-state index contributed by atoms with van der Waals surface area (Å²) in [6.07, 6.45) is 2.48. The molecule has 2 N–H and O–H groups in total. The number of aromatic nitrogens is 5. The number of halogens is 2. The number of rotatable bonds is 9. The Morgan fingerprint density at radius 2 is 1.70 bits per heavy atom. The number of pyridine rings is 1. The highest BCUT2D eigenvalue weighted by molar-refractivity contribution is 6.31. The second kappa shape index (κ2) is 13.1. The van der Waals surface area contributed by atoms with E-state index in [-0.39, 0.29) is 13.0 Å². The van der Waals surface area contributed by atoms with Crippen LogP contribution in [0.1, 0.15) is 18.5 Å². The van der Waals surface area contributed by atoms with Crippen molar-refractivity contribution < 1.29 is 18.7 Å². The van der Waals surface area contributed by atoms with E-state index >= 15 is 0 Å². The van der Waals surface area contributed by atoms with Gasteiger partial charge in [0.05, 0.1) is 12.3 Å². The van der Waals surface area contributed by atoms with E-state index in [2.05, 4.69) is 26.2 Å². The van der Waals surface area contributed by atoms with E-state index in [9.17, 15) is 18.8 Å². The van der Waals surface area contributed by atoms with Crippen LogP contribution in [0, 0.1) is 5.82 Å². The Kier molecular flexibility index (Phi) is 8.87. The van der Waals surface area contributed by atoms with E-state index in [0.29, 0.717) is 38.8 Å². The molecule has 5 rings (SSSR count). The van der Waals surface area contributed by atoms with E-state index in [0.717, 1.165) is 0 Å². The molecule has 13 heteroatoms. The molecule has 11 nitrogen and oxygen atoms in total. The highest BCUT2D eigenvalue weighted by Gasteiger charge is 2.23. The molecule has 2 heterocycles. The lowest BCUT2D eigenvalue weighted by Crippen LogP contribution is -2.34. The smallest absolute Gasteiger partial charge is 0.411 e. The maximum Gasteiger partial charge on any atom is 0.411 e. The zero-order chi connectivity index (χ0) is 30.3. The van der Waals surface area contributed by atoms with Gasteiger partial charge in [-0.25, -0.2) is 9.18 Å². The van der Waals surface area contributed by atoms with E-state index < -0.39 is 29.4 Å². The van der Waals surface area contributed by atoms with Crippen molar-refractivity contribution >= 4 is 35.0 Å². The number of benzene rings is 3. The normalized spacial score (nSPS) is 11.5. The number of hydrogen-bond donors (Lipinski definition) is 2. The number of carbonyl (C=O) groups excluding carboxylic acids is 2. The predicted molar refractivity (Wildman–Crippen MR) is 159 cm³/mol. The van der Waals surface area contributed by atoms with E-state index in [1.807, 2.05) is 0 Å². The van der Waals surface area contributed by atoms with Crippen molar-refractivity contribution in [1.82, 2.24) is 24.8 Å². The van der Waals surface area contributed by atoms with Crippen molar-refractivity contribution in [3.8, 4) is 16.8 Å². The second-order valence-electron chi connectivity index (χ2n) is 9.34. The molecule has 0 fully saturated rings. The number of amides is 2. The summed E-state index contributed by atoms with van der Waals surface area (Å²) < 4.78 is 21.2. The molecule has 2 amide bonds. The largest absolute Gasteiger partial charge is 0.450 e. The van der Waals surface area contributed by atoms with Crippen LogP contribution in [0.3, 0.4) is 0 Å². The van der Waals surface area contributed by atoms with E-state index in [1.54, 1.807) is 67.6 Å². The lowest BCUT2D eigenvalue weighted by atomic mass is 10.0. The Labute approximate surface area is 249 Å². The van der Waals surface area contributed by atoms with Gasteiger partial charge in [-0.05, 0) is 89.1 Å². The third kappa shape index (κ3) is 7.11. The van der Waals surface area contributed by atoms with Crippen LogP contribution < -0.4 is 16.2 Å². The van der Waals surface area contributed by atoms with Gasteiger partial charge < -0.3 is 14.6 Å². The summed E-state index contributed by atoms with van der Waals surface area (Å²) in [6, 6.07) is 19.4. The molecule has 0 spiro atoms. The molecule has 0 saturated carbocycles. The third-order valence-electron chi connectivity index (χ3n) is 6.47. The zero-order valence-electron chi connectivity index (χ0n) is 22.8. The van der Waals surface area contributed by atoms with Gasteiger partial charge in [-0.3, -0.25) is 14.9 Å².